The number of hydrogen-bond acceptors (Lipinski definition) is 2. The van der Waals surface area contributed by atoms with Gasteiger partial charge in [0.15, 0.2) is 8.32 Å². The van der Waals surface area contributed by atoms with Gasteiger partial charge < -0.3 is 9.33 Å². The van der Waals surface area contributed by atoms with Crippen LogP contribution < -0.4 is 0 Å². The van der Waals surface area contributed by atoms with Gasteiger partial charge in [0.25, 0.3) is 5.91 Å². The Kier molecular flexibility index (Phi) is 8.27. The van der Waals surface area contributed by atoms with E-state index >= 15 is 0 Å². The molecule has 0 bridgehead atoms. The van der Waals surface area contributed by atoms with Crippen LogP contribution in [0.3, 0.4) is 0 Å². The van der Waals surface area contributed by atoms with Gasteiger partial charge in [-0.05, 0) is 116 Å². The summed E-state index contributed by atoms with van der Waals surface area (Å²) in [5, 5.41) is 2.54. The number of halogens is 1. The first-order chi connectivity index (χ1) is 18.4. The summed E-state index contributed by atoms with van der Waals surface area (Å²) in [4.78, 5) is 18.5. The van der Waals surface area contributed by atoms with Crippen molar-refractivity contribution in [2.45, 2.75) is 103 Å². The zero-order chi connectivity index (χ0) is 28.0. The van der Waals surface area contributed by atoms with Crippen LogP contribution in [0.15, 0.2) is 53.0 Å². The molecule has 1 saturated heterocycles. The van der Waals surface area contributed by atoms with Gasteiger partial charge in [-0.15, -0.1) is 0 Å². The second-order valence-corrected chi connectivity index (χ2v) is 19.1. The zero-order valence-corrected chi connectivity index (χ0v) is 27.5. The number of nitrogens with zero attached hydrogens (tertiary/aromatic N) is 1. The molecule has 5 heteroatoms. The summed E-state index contributed by atoms with van der Waals surface area (Å²) in [6.07, 6.45) is 9.29. The van der Waals surface area contributed by atoms with E-state index in [1.807, 2.05) is 0 Å². The molecule has 3 fully saturated rings. The Morgan fingerprint density at radius 3 is 2.59 bits per heavy atom. The number of likely N-dealkylation sites (tertiary alicyclic amines) is 1. The van der Waals surface area contributed by atoms with E-state index in [9.17, 15) is 4.79 Å². The number of benzene rings is 2. The number of amides is 1. The summed E-state index contributed by atoms with van der Waals surface area (Å²) in [6, 6.07) is 15.5. The molecular weight excluding hydrogens is 562 g/mol. The zero-order valence-electron chi connectivity index (χ0n) is 24.9. The van der Waals surface area contributed by atoms with E-state index in [4.69, 9.17) is 4.43 Å². The van der Waals surface area contributed by atoms with Crippen molar-refractivity contribution in [3.8, 4) is 0 Å². The van der Waals surface area contributed by atoms with Crippen molar-refractivity contribution < 1.29 is 9.22 Å². The first-order valence-corrected chi connectivity index (χ1v) is 19.5. The van der Waals surface area contributed by atoms with Crippen LogP contribution in [0.1, 0.15) is 71.3 Å². The van der Waals surface area contributed by atoms with Gasteiger partial charge in [0.1, 0.15) is 5.60 Å². The van der Waals surface area contributed by atoms with Crippen molar-refractivity contribution in [2.24, 2.45) is 23.2 Å². The maximum absolute atomic E-state index is 14.0. The predicted molar refractivity (Wildman–Crippen MR) is 170 cm³/mol. The van der Waals surface area contributed by atoms with Crippen LogP contribution >= 0.6 is 15.9 Å². The molecule has 0 N–H and O–H groups in total. The highest BCUT2D eigenvalue weighted by Gasteiger charge is 2.54. The van der Waals surface area contributed by atoms with Gasteiger partial charge in [-0.3, -0.25) is 4.79 Å². The molecule has 1 amide bonds. The molecule has 6 atom stereocenters. The Balaban J connectivity index is 1.35. The van der Waals surface area contributed by atoms with Gasteiger partial charge in [0.05, 0.1) is 0 Å². The fourth-order valence-electron chi connectivity index (χ4n) is 8.76. The Morgan fingerprint density at radius 2 is 1.87 bits per heavy atom. The van der Waals surface area contributed by atoms with Crippen molar-refractivity contribution in [2.75, 3.05) is 6.54 Å². The Bertz CT molecular complexity index is 1240. The van der Waals surface area contributed by atoms with Gasteiger partial charge in [-0.1, -0.05) is 77.8 Å². The van der Waals surface area contributed by atoms with E-state index in [-0.39, 0.29) is 11.9 Å². The van der Waals surface area contributed by atoms with E-state index in [1.165, 1.54) is 48.4 Å². The fourth-order valence-corrected chi connectivity index (χ4v) is 10.8. The fraction of sp³-hybridized carbons (Fsp3) is 0.618. The molecular formula is C34H48BrNO2Si. The summed E-state index contributed by atoms with van der Waals surface area (Å²) in [6.45, 7) is 14.5. The molecule has 2 aliphatic carbocycles. The minimum Gasteiger partial charge on any atom is -0.403 e. The quantitative estimate of drug-likeness (QED) is 0.279. The number of allylic oxidation sites excluding steroid dienone is 1. The number of hydrogen-bond donors (Lipinski definition) is 0. The van der Waals surface area contributed by atoms with Crippen molar-refractivity contribution in [3.63, 3.8) is 0 Å². The topological polar surface area (TPSA) is 29.5 Å². The molecule has 0 radical (unpaired) electrons. The number of rotatable bonds is 8. The molecule has 5 rings (SSSR count). The van der Waals surface area contributed by atoms with Gasteiger partial charge >= 0.3 is 0 Å². The van der Waals surface area contributed by atoms with Crippen LogP contribution in [0.5, 0.6) is 0 Å². The molecule has 0 spiro atoms. The van der Waals surface area contributed by atoms with Crippen LogP contribution in [0.2, 0.25) is 19.6 Å². The maximum atomic E-state index is 14.0. The van der Waals surface area contributed by atoms with Gasteiger partial charge in [-0.25, -0.2) is 0 Å². The standard InChI is InChI=1S/C34H48BrNO2Si/c1-24(30-15-16-31-28(23-35)12-9-18-33(30,31)2)20-29-22-34(3,38-39(4,5)6)32(37)36(29)19-17-25-13-14-26-10-7-8-11-27(26)21-25/h7-8,10-11,13-14,21,23-24,29-31H,9,12,15-20,22H2,1-6H3/b28-23+/t24-,29?,30-,31+,33-,34?/m1/s1. The molecule has 2 saturated carbocycles. The minimum atomic E-state index is -1.88. The highest BCUT2D eigenvalue weighted by atomic mass is 79.9. The molecule has 2 unspecified atom stereocenters. The molecule has 0 aromatic heterocycles. The number of carbonyl (C=O) groups excluding carboxylic acids is 1. The average molecular weight is 611 g/mol. The summed E-state index contributed by atoms with van der Waals surface area (Å²) in [5.74, 6) is 2.23. The molecule has 2 aromatic rings. The van der Waals surface area contributed by atoms with Crippen LogP contribution in [0.25, 0.3) is 10.8 Å². The second-order valence-electron chi connectivity index (χ2n) is 14.2. The van der Waals surface area contributed by atoms with Crippen LogP contribution in [-0.4, -0.2) is 37.3 Å². The third-order valence-corrected chi connectivity index (χ3v) is 11.9. The highest BCUT2D eigenvalue weighted by molar-refractivity contribution is 9.11. The smallest absolute Gasteiger partial charge is 0.253 e. The summed E-state index contributed by atoms with van der Waals surface area (Å²) < 4.78 is 6.64. The Hall–Kier alpha value is -1.43. The first kappa shape index (κ1) is 29.1. The number of fused-ring (bicyclic) bond motifs is 2. The molecule has 2 aromatic carbocycles. The molecule has 212 valence electrons. The lowest BCUT2D eigenvalue weighted by Gasteiger charge is -2.45. The van der Waals surface area contributed by atoms with Crippen molar-refractivity contribution in [3.05, 3.63) is 58.6 Å². The lowest BCUT2D eigenvalue weighted by molar-refractivity contribution is -0.140. The van der Waals surface area contributed by atoms with Gasteiger partial charge in [0.2, 0.25) is 0 Å². The maximum Gasteiger partial charge on any atom is 0.253 e. The second kappa shape index (κ2) is 11.1. The normalized spacial score (nSPS) is 33.2. The van der Waals surface area contributed by atoms with Crippen LogP contribution in [0.4, 0.5) is 0 Å². The third-order valence-electron chi connectivity index (χ3n) is 10.3. The summed E-state index contributed by atoms with van der Waals surface area (Å²) >= 11 is 3.68. The van der Waals surface area contributed by atoms with E-state index in [1.54, 1.807) is 5.57 Å². The average Bonchev–Trinajstić information content (AvgIpc) is 3.34. The van der Waals surface area contributed by atoms with Crippen LogP contribution in [0, 0.1) is 23.2 Å². The van der Waals surface area contributed by atoms with Gasteiger partial charge in [0, 0.05) is 19.0 Å². The Morgan fingerprint density at radius 1 is 1.13 bits per heavy atom. The summed E-state index contributed by atoms with van der Waals surface area (Å²) in [5.41, 5.74) is 2.61. The van der Waals surface area contributed by atoms with Crippen molar-refractivity contribution in [1.29, 1.82) is 0 Å². The Labute approximate surface area is 246 Å². The first-order valence-electron chi connectivity index (χ1n) is 15.2. The molecule has 1 heterocycles. The SMILES string of the molecule is C[C@H](CC1CC(C)(O[Si](C)(C)C)C(=O)N1CCc1ccc2ccccc2c1)[C@H]1CC[C@H]2/C(=C/Br)CCC[C@]12C. The molecule has 3 nitrogen and oxygen atoms in total. The van der Waals surface area contributed by atoms with Crippen molar-refractivity contribution >= 4 is 40.9 Å². The van der Waals surface area contributed by atoms with E-state index in [0.717, 1.165) is 25.8 Å². The van der Waals surface area contributed by atoms with Crippen LogP contribution in [-0.2, 0) is 15.6 Å². The molecule has 39 heavy (non-hydrogen) atoms. The minimum absolute atomic E-state index is 0.209. The highest BCUT2D eigenvalue weighted by Crippen LogP contribution is 2.60. The monoisotopic (exact) mass is 609 g/mol. The lowest BCUT2D eigenvalue weighted by atomic mass is 9.61. The van der Waals surface area contributed by atoms with E-state index in [0.29, 0.717) is 23.2 Å². The van der Waals surface area contributed by atoms with E-state index < -0.39 is 13.9 Å². The predicted octanol–water partition coefficient (Wildman–Crippen LogP) is 9.11. The molecule has 3 aliphatic rings. The number of carbonyl (C=O) groups is 1. The molecule has 1 aliphatic heterocycles. The lowest BCUT2D eigenvalue weighted by Crippen LogP contribution is -2.47. The van der Waals surface area contributed by atoms with Crippen molar-refractivity contribution in [1.82, 2.24) is 4.90 Å². The largest absolute Gasteiger partial charge is 0.403 e. The third kappa shape index (κ3) is 5.83. The summed E-state index contributed by atoms with van der Waals surface area (Å²) in [7, 11) is -1.88. The van der Waals surface area contributed by atoms with Gasteiger partial charge in [-0.2, -0.15) is 0 Å². The van der Waals surface area contributed by atoms with E-state index in [2.05, 4.69) is 109 Å².